The molecule has 1 saturated carbocycles. The van der Waals surface area contributed by atoms with Crippen molar-refractivity contribution in [3.05, 3.63) is 52.4 Å². The van der Waals surface area contributed by atoms with E-state index in [1.54, 1.807) is 6.07 Å². The number of aliphatic hydroxyl groups excluding tert-OH is 1. The molecule has 3 atom stereocenters. The Morgan fingerprint density at radius 3 is 2.62 bits per heavy atom. The van der Waals surface area contributed by atoms with Crippen molar-refractivity contribution in [1.82, 2.24) is 0 Å². The topological polar surface area (TPSA) is 66.8 Å². The van der Waals surface area contributed by atoms with E-state index in [2.05, 4.69) is 19.1 Å². The molecule has 1 aromatic carbocycles. The molecule has 0 aliphatic heterocycles. The van der Waals surface area contributed by atoms with Crippen molar-refractivity contribution in [1.29, 1.82) is 0 Å². The largest absolute Gasteiger partial charge is 0.512 e. The van der Waals surface area contributed by atoms with Crippen molar-refractivity contribution < 1.29 is 19.7 Å². The molecule has 7 heteroatoms. The highest BCUT2D eigenvalue weighted by molar-refractivity contribution is 7.13. The highest BCUT2D eigenvalue weighted by atomic mass is 35.5. The van der Waals surface area contributed by atoms with Crippen LogP contribution in [-0.2, 0) is 6.42 Å². The molecule has 176 valence electrons. The normalized spacial score (nSPS) is 20.9. The molecule has 2 aromatic rings. The van der Waals surface area contributed by atoms with E-state index in [-0.39, 0.29) is 5.92 Å². The van der Waals surface area contributed by atoms with Gasteiger partial charge in [0, 0.05) is 10.8 Å². The lowest BCUT2D eigenvalue weighted by Crippen LogP contribution is -2.21. The first-order valence-electron chi connectivity index (χ1n) is 11.5. The molecule has 0 bridgehead atoms. The van der Waals surface area contributed by atoms with E-state index in [1.165, 1.54) is 11.3 Å². The first kappa shape index (κ1) is 25.4. The van der Waals surface area contributed by atoms with Crippen LogP contribution in [-0.4, -0.2) is 20.7 Å². The van der Waals surface area contributed by atoms with Gasteiger partial charge in [0.2, 0.25) is 0 Å². The monoisotopic (exact) mass is 498 g/mol. The minimum atomic E-state index is -1.28. The average molecular weight is 500 g/mol. The Bertz CT molecular complexity index is 865. The fraction of sp³-hybridized carbons (Fsp3) is 0.560. The van der Waals surface area contributed by atoms with Crippen LogP contribution in [0.15, 0.2) is 36.4 Å². The third-order valence-electron chi connectivity index (χ3n) is 6.36. The van der Waals surface area contributed by atoms with Gasteiger partial charge in [-0.15, -0.1) is 34.5 Å². The lowest BCUT2D eigenvalue weighted by molar-refractivity contribution is 0.146. The summed E-state index contributed by atoms with van der Waals surface area (Å²) in [5, 5.41) is 19.6. The zero-order valence-electron chi connectivity index (χ0n) is 18.4. The van der Waals surface area contributed by atoms with Crippen LogP contribution in [0.3, 0.4) is 0 Å². The number of halogens is 2. The highest BCUT2D eigenvalue weighted by Gasteiger charge is 2.46. The fourth-order valence-electron chi connectivity index (χ4n) is 4.72. The number of aryl methyl sites for hydroxylation is 1. The lowest BCUT2D eigenvalue weighted by atomic mass is 9.84. The number of carboxylic acid groups (broad SMARTS) is 1. The van der Waals surface area contributed by atoms with Crippen LogP contribution >= 0.6 is 34.5 Å². The smallest absolute Gasteiger partial charge is 0.449 e. The molecule has 0 amide bonds. The second-order valence-corrected chi connectivity index (χ2v) is 11.4. The van der Waals surface area contributed by atoms with Gasteiger partial charge in [-0.3, -0.25) is 0 Å². The Morgan fingerprint density at radius 1 is 1.19 bits per heavy atom. The van der Waals surface area contributed by atoms with E-state index in [9.17, 15) is 9.90 Å². The number of alkyl halides is 2. The van der Waals surface area contributed by atoms with Gasteiger partial charge < -0.3 is 14.9 Å². The SMILES string of the molecule is CCCCCC(O)c1ccc([C@@H]2[C@@H](CCCc3ccc(OC(=O)O)s3)CCC2(Cl)Cl)cc1. The van der Waals surface area contributed by atoms with Crippen LogP contribution in [0.25, 0.3) is 0 Å². The van der Waals surface area contributed by atoms with Crippen LogP contribution in [0.2, 0.25) is 0 Å². The Balaban J connectivity index is 1.59. The molecule has 0 spiro atoms. The summed E-state index contributed by atoms with van der Waals surface area (Å²) in [6, 6.07) is 11.8. The predicted octanol–water partition coefficient (Wildman–Crippen LogP) is 8.11. The number of hydrogen-bond donors (Lipinski definition) is 2. The standard InChI is InChI=1S/C25H32Cl2O4S/c1-2-3-4-8-21(28)17-9-11-19(12-10-17)23-18(15-16-25(23,26)27)6-5-7-20-13-14-22(32-20)31-24(29)30/h9-14,18,21,23,28H,2-8,15-16H2,1H3,(H,29,30)/t18-,21?,23-/m0/s1. The molecule has 1 aliphatic rings. The number of rotatable bonds is 11. The number of benzene rings is 1. The molecule has 0 radical (unpaired) electrons. The van der Waals surface area contributed by atoms with Gasteiger partial charge in [0.1, 0.15) is 4.33 Å². The molecule has 32 heavy (non-hydrogen) atoms. The number of thiophene rings is 1. The molecule has 1 unspecified atom stereocenters. The van der Waals surface area contributed by atoms with Crippen molar-refractivity contribution >= 4 is 40.7 Å². The number of carbonyl (C=O) groups is 1. The van der Waals surface area contributed by atoms with Crippen molar-refractivity contribution in [3.8, 4) is 5.06 Å². The number of hydrogen-bond acceptors (Lipinski definition) is 4. The first-order chi connectivity index (χ1) is 15.3. The minimum absolute atomic E-state index is 0.0614. The number of unbranched alkanes of at least 4 members (excludes halogenated alkanes) is 2. The van der Waals surface area contributed by atoms with Gasteiger partial charge in [0.25, 0.3) is 0 Å². The first-order valence-corrected chi connectivity index (χ1v) is 13.0. The molecule has 0 saturated heterocycles. The molecule has 2 N–H and O–H groups in total. The summed E-state index contributed by atoms with van der Waals surface area (Å²) < 4.78 is 3.93. The zero-order chi connectivity index (χ0) is 23.1. The van der Waals surface area contributed by atoms with Gasteiger partial charge in [-0.1, -0.05) is 50.5 Å². The van der Waals surface area contributed by atoms with Gasteiger partial charge in [0.05, 0.1) is 6.10 Å². The van der Waals surface area contributed by atoms with E-state index >= 15 is 0 Å². The average Bonchev–Trinajstić information content (AvgIpc) is 3.31. The highest BCUT2D eigenvalue weighted by Crippen LogP contribution is 2.55. The van der Waals surface area contributed by atoms with Gasteiger partial charge in [-0.05, 0) is 67.7 Å². The molecule has 1 fully saturated rings. The van der Waals surface area contributed by atoms with Crippen LogP contribution in [0.1, 0.15) is 86.3 Å². The van der Waals surface area contributed by atoms with Gasteiger partial charge in [-0.2, -0.15) is 0 Å². The summed E-state index contributed by atoms with van der Waals surface area (Å²) in [4.78, 5) is 11.8. The maximum atomic E-state index is 10.7. The Kier molecular flexibility index (Phi) is 9.30. The molecular weight excluding hydrogens is 467 g/mol. The quantitative estimate of drug-likeness (QED) is 0.186. The van der Waals surface area contributed by atoms with Crippen molar-refractivity contribution in [2.24, 2.45) is 5.92 Å². The summed E-state index contributed by atoms with van der Waals surface area (Å²) in [5.74, 6) is 0.450. The van der Waals surface area contributed by atoms with E-state index in [1.807, 2.05) is 18.2 Å². The lowest BCUT2D eigenvalue weighted by Gasteiger charge is -2.28. The Hall–Kier alpha value is -1.27. The molecule has 4 nitrogen and oxygen atoms in total. The maximum absolute atomic E-state index is 10.7. The Labute approximate surface area is 204 Å². The van der Waals surface area contributed by atoms with Crippen LogP contribution in [0.4, 0.5) is 4.79 Å². The molecule has 1 aromatic heterocycles. The van der Waals surface area contributed by atoms with Crippen LogP contribution < -0.4 is 4.74 Å². The fourth-order valence-corrected chi connectivity index (χ4v) is 6.44. The van der Waals surface area contributed by atoms with Crippen LogP contribution in [0, 0.1) is 5.92 Å². The van der Waals surface area contributed by atoms with Gasteiger partial charge >= 0.3 is 6.16 Å². The third kappa shape index (κ3) is 6.86. The molecular formula is C25H32Cl2O4S. The summed E-state index contributed by atoms with van der Waals surface area (Å²) in [5.41, 5.74) is 2.08. The maximum Gasteiger partial charge on any atom is 0.512 e. The number of aliphatic hydroxyl groups is 1. The summed E-state index contributed by atoms with van der Waals surface area (Å²) in [6.07, 6.45) is 7.00. The van der Waals surface area contributed by atoms with Crippen molar-refractivity contribution in [2.75, 3.05) is 0 Å². The van der Waals surface area contributed by atoms with E-state index in [4.69, 9.17) is 33.0 Å². The van der Waals surface area contributed by atoms with Gasteiger partial charge in [-0.25, -0.2) is 4.79 Å². The summed E-state index contributed by atoms with van der Waals surface area (Å²) in [7, 11) is 0. The molecule has 3 rings (SSSR count). The summed E-state index contributed by atoms with van der Waals surface area (Å²) >= 11 is 14.9. The third-order valence-corrected chi connectivity index (χ3v) is 8.23. The molecule has 1 aliphatic carbocycles. The Morgan fingerprint density at radius 2 is 1.94 bits per heavy atom. The second kappa shape index (κ2) is 11.7. The van der Waals surface area contributed by atoms with Crippen LogP contribution in [0.5, 0.6) is 5.06 Å². The summed E-state index contributed by atoms with van der Waals surface area (Å²) in [6.45, 7) is 2.16. The zero-order valence-corrected chi connectivity index (χ0v) is 20.8. The van der Waals surface area contributed by atoms with Crippen molar-refractivity contribution in [3.63, 3.8) is 0 Å². The van der Waals surface area contributed by atoms with Crippen molar-refractivity contribution in [2.45, 2.75) is 81.1 Å². The van der Waals surface area contributed by atoms with E-state index in [0.29, 0.717) is 11.0 Å². The van der Waals surface area contributed by atoms with Gasteiger partial charge in [0.15, 0.2) is 5.06 Å². The van der Waals surface area contributed by atoms with E-state index in [0.717, 1.165) is 73.8 Å². The second-order valence-electron chi connectivity index (χ2n) is 8.70. The van der Waals surface area contributed by atoms with E-state index < -0.39 is 16.6 Å². The number of ether oxygens (including phenoxy) is 1. The minimum Gasteiger partial charge on any atom is -0.449 e. The molecule has 1 heterocycles. The predicted molar refractivity (Wildman–Crippen MR) is 131 cm³/mol.